The first-order valence-electron chi connectivity index (χ1n) is 9.67. The molecule has 0 aliphatic carbocycles. The average molecular weight is 451 g/mol. The number of benzene rings is 3. The maximum Gasteiger partial charge on any atom is 0.343 e. The quantitative estimate of drug-likeness (QED) is 0.290. The summed E-state index contributed by atoms with van der Waals surface area (Å²) in [6, 6.07) is 15.0. The number of carbonyl (C=O) groups excluding carboxylic acids is 2. The number of hydrogen-bond acceptors (Lipinski definition) is 6. The van der Waals surface area contributed by atoms with E-state index in [9.17, 15) is 9.59 Å². The number of fused-ring (bicyclic) bond motifs is 1. The average Bonchev–Trinajstić information content (AvgIpc) is 3.08. The fourth-order valence-electron chi connectivity index (χ4n) is 3.38. The molecule has 0 spiro atoms. The fraction of sp³-hybridized carbons (Fsp3) is 0.120. The van der Waals surface area contributed by atoms with Gasteiger partial charge in [0.2, 0.25) is 5.78 Å². The minimum absolute atomic E-state index is 0.173. The van der Waals surface area contributed by atoms with Crippen LogP contribution in [0.1, 0.15) is 31.8 Å². The first-order chi connectivity index (χ1) is 15.4. The molecule has 32 heavy (non-hydrogen) atoms. The SMILES string of the molecule is COc1cc(OC)cc(C(=O)Oc2cc(C)c3c(c2)O/C(=C\c2cccc(Cl)c2)C3=O)c1. The molecule has 0 bridgehead atoms. The van der Waals surface area contributed by atoms with E-state index in [1.165, 1.54) is 20.3 Å². The van der Waals surface area contributed by atoms with Gasteiger partial charge in [0, 0.05) is 17.2 Å². The minimum Gasteiger partial charge on any atom is -0.497 e. The summed E-state index contributed by atoms with van der Waals surface area (Å²) in [5.41, 5.74) is 2.07. The second kappa shape index (κ2) is 8.77. The van der Waals surface area contributed by atoms with E-state index >= 15 is 0 Å². The van der Waals surface area contributed by atoms with Crippen molar-refractivity contribution in [3.63, 3.8) is 0 Å². The van der Waals surface area contributed by atoms with Crippen LogP contribution in [0.5, 0.6) is 23.0 Å². The number of hydrogen-bond donors (Lipinski definition) is 0. The molecule has 0 unspecified atom stereocenters. The summed E-state index contributed by atoms with van der Waals surface area (Å²) in [6.07, 6.45) is 1.63. The van der Waals surface area contributed by atoms with Crippen LogP contribution in [0.2, 0.25) is 5.02 Å². The van der Waals surface area contributed by atoms with E-state index < -0.39 is 5.97 Å². The Kier molecular flexibility index (Phi) is 5.88. The Morgan fingerprint density at radius 1 is 0.969 bits per heavy atom. The molecule has 0 atom stereocenters. The number of aryl methyl sites for hydroxylation is 1. The van der Waals surface area contributed by atoms with Crippen molar-refractivity contribution in [3.05, 3.63) is 87.6 Å². The number of allylic oxidation sites excluding steroid dienone is 1. The highest BCUT2D eigenvalue weighted by molar-refractivity contribution is 6.30. The van der Waals surface area contributed by atoms with Gasteiger partial charge in [-0.15, -0.1) is 0 Å². The molecule has 0 fully saturated rings. The highest BCUT2D eigenvalue weighted by Crippen LogP contribution is 2.38. The Morgan fingerprint density at radius 3 is 2.34 bits per heavy atom. The Hall–Kier alpha value is -3.77. The molecule has 0 radical (unpaired) electrons. The van der Waals surface area contributed by atoms with Gasteiger partial charge in [-0.3, -0.25) is 4.79 Å². The van der Waals surface area contributed by atoms with Gasteiger partial charge in [-0.1, -0.05) is 23.7 Å². The second-order valence-corrected chi connectivity index (χ2v) is 7.54. The molecule has 1 aliphatic heterocycles. The minimum atomic E-state index is -0.597. The van der Waals surface area contributed by atoms with Crippen molar-refractivity contribution in [3.8, 4) is 23.0 Å². The highest BCUT2D eigenvalue weighted by atomic mass is 35.5. The van der Waals surface area contributed by atoms with Crippen molar-refractivity contribution in [1.29, 1.82) is 0 Å². The molecule has 0 aromatic heterocycles. The topological polar surface area (TPSA) is 71.1 Å². The summed E-state index contributed by atoms with van der Waals surface area (Å²) in [5.74, 6) is 0.844. The van der Waals surface area contributed by atoms with Crippen LogP contribution in [-0.2, 0) is 0 Å². The number of esters is 1. The van der Waals surface area contributed by atoms with Gasteiger partial charge in [-0.2, -0.15) is 0 Å². The molecule has 3 aromatic rings. The van der Waals surface area contributed by atoms with E-state index in [2.05, 4.69) is 0 Å². The summed E-state index contributed by atoms with van der Waals surface area (Å²) in [4.78, 5) is 25.5. The van der Waals surface area contributed by atoms with Gasteiger partial charge in [0.25, 0.3) is 0 Å². The molecule has 4 rings (SSSR count). The standard InChI is InChI=1S/C25H19ClO6/c1-14-7-20(31-25(28)16-10-18(29-2)12-19(11-16)30-3)13-21-23(14)24(27)22(32-21)9-15-5-4-6-17(26)8-15/h4-13H,1-3H3/b22-9-. The largest absolute Gasteiger partial charge is 0.497 e. The lowest BCUT2D eigenvalue weighted by atomic mass is 10.0. The van der Waals surface area contributed by atoms with Crippen LogP contribution in [0.4, 0.5) is 0 Å². The zero-order valence-electron chi connectivity index (χ0n) is 17.6. The lowest BCUT2D eigenvalue weighted by Crippen LogP contribution is -2.09. The molecule has 7 heteroatoms. The third-order valence-electron chi connectivity index (χ3n) is 4.89. The van der Waals surface area contributed by atoms with E-state index in [0.717, 1.165) is 5.56 Å². The first-order valence-corrected chi connectivity index (χ1v) is 10.1. The maximum absolute atomic E-state index is 12.8. The number of carbonyl (C=O) groups is 2. The molecule has 3 aromatic carbocycles. The van der Waals surface area contributed by atoms with E-state index in [1.807, 2.05) is 6.07 Å². The van der Waals surface area contributed by atoms with Crippen LogP contribution in [0.3, 0.4) is 0 Å². The van der Waals surface area contributed by atoms with Crippen molar-refractivity contribution in [2.45, 2.75) is 6.92 Å². The summed E-state index contributed by atoms with van der Waals surface area (Å²) in [7, 11) is 2.99. The van der Waals surface area contributed by atoms with Crippen LogP contribution in [0.25, 0.3) is 6.08 Å². The molecule has 0 N–H and O–H groups in total. The van der Waals surface area contributed by atoms with Crippen LogP contribution >= 0.6 is 11.6 Å². The maximum atomic E-state index is 12.8. The molecule has 162 valence electrons. The van der Waals surface area contributed by atoms with Crippen LogP contribution in [0.15, 0.2) is 60.4 Å². The summed E-state index contributed by atoms with van der Waals surface area (Å²) in [6.45, 7) is 1.76. The van der Waals surface area contributed by atoms with Gasteiger partial charge in [0.05, 0.1) is 25.3 Å². The molecule has 6 nitrogen and oxygen atoms in total. The van der Waals surface area contributed by atoms with Crippen molar-refractivity contribution in [1.82, 2.24) is 0 Å². The van der Waals surface area contributed by atoms with Crippen molar-refractivity contribution in [2.75, 3.05) is 14.2 Å². The highest BCUT2D eigenvalue weighted by Gasteiger charge is 2.30. The normalized spacial score (nSPS) is 13.5. The Labute approximate surface area is 189 Å². The number of halogens is 1. The van der Waals surface area contributed by atoms with Gasteiger partial charge in [-0.25, -0.2) is 4.79 Å². The third kappa shape index (κ3) is 4.31. The molecular formula is C25H19ClO6. The monoisotopic (exact) mass is 450 g/mol. The van der Waals surface area contributed by atoms with Gasteiger partial charge in [0.15, 0.2) is 5.76 Å². The lowest BCUT2D eigenvalue weighted by molar-refractivity contribution is 0.0733. The zero-order chi connectivity index (χ0) is 22.8. The van der Waals surface area contributed by atoms with E-state index in [4.69, 9.17) is 30.5 Å². The summed E-state index contributed by atoms with van der Waals surface area (Å²) < 4.78 is 21.7. The predicted octanol–water partition coefficient (Wildman–Crippen LogP) is 5.50. The van der Waals surface area contributed by atoms with Crippen LogP contribution in [-0.4, -0.2) is 26.0 Å². The molecule has 0 saturated heterocycles. The van der Waals surface area contributed by atoms with E-state index in [-0.39, 0.29) is 22.9 Å². The third-order valence-corrected chi connectivity index (χ3v) is 5.12. The van der Waals surface area contributed by atoms with E-state index in [1.54, 1.807) is 55.5 Å². The second-order valence-electron chi connectivity index (χ2n) is 7.10. The van der Waals surface area contributed by atoms with Crippen molar-refractivity contribution in [2.24, 2.45) is 0 Å². The Balaban J connectivity index is 1.61. The smallest absolute Gasteiger partial charge is 0.343 e. The van der Waals surface area contributed by atoms with Crippen molar-refractivity contribution >= 4 is 29.4 Å². The van der Waals surface area contributed by atoms with Gasteiger partial charge < -0.3 is 18.9 Å². The van der Waals surface area contributed by atoms with Gasteiger partial charge in [-0.05, 0) is 54.5 Å². The molecule has 1 aliphatic rings. The molecule has 0 saturated carbocycles. The molecule has 1 heterocycles. The molecule has 0 amide bonds. The molecular weight excluding hydrogens is 432 g/mol. The Morgan fingerprint density at radius 2 is 1.69 bits per heavy atom. The fourth-order valence-corrected chi connectivity index (χ4v) is 3.57. The first kappa shape index (κ1) is 21.5. The van der Waals surface area contributed by atoms with Gasteiger partial charge in [0.1, 0.15) is 23.0 Å². The number of methoxy groups -OCH3 is 2. The summed E-state index contributed by atoms with van der Waals surface area (Å²) in [5, 5.41) is 0.557. The number of Topliss-reactive ketones (excluding diaryl/α,β-unsaturated/α-hetero) is 1. The number of ether oxygens (including phenoxy) is 4. The van der Waals surface area contributed by atoms with Crippen LogP contribution < -0.4 is 18.9 Å². The van der Waals surface area contributed by atoms with Crippen molar-refractivity contribution < 1.29 is 28.5 Å². The Bertz CT molecular complexity index is 1240. The van der Waals surface area contributed by atoms with Crippen LogP contribution in [0, 0.1) is 6.92 Å². The van der Waals surface area contributed by atoms with E-state index in [0.29, 0.717) is 33.4 Å². The van der Waals surface area contributed by atoms with Gasteiger partial charge >= 0.3 is 5.97 Å². The number of ketones is 1. The summed E-state index contributed by atoms with van der Waals surface area (Å²) >= 11 is 6.02. The predicted molar refractivity (Wildman–Crippen MR) is 120 cm³/mol. The zero-order valence-corrected chi connectivity index (χ0v) is 18.4. The lowest BCUT2D eigenvalue weighted by Gasteiger charge is -2.10. The number of rotatable bonds is 5.